The van der Waals surface area contributed by atoms with Crippen molar-refractivity contribution in [2.45, 2.75) is 40.5 Å². The van der Waals surface area contributed by atoms with E-state index in [9.17, 15) is 5.11 Å². The Hall–Kier alpha value is -0.980. The molecular formula is C12H18O. The minimum Gasteiger partial charge on any atom is -0.508 e. The van der Waals surface area contributed by atoms with E-state index in [1.807, 2.05) is 6.07 Å². The third kappa shape index (κ3) is 1.69. The van der Waals surface area contributed by atoms with Crippen LogP contribution < -0.4 is 0 Å². The van der Waals surface area contributed by atoms with Crippen LogP contribution in [0.25, 0.3) is 0 Å². The summed E-state index contributed by atoms with van der Waals surface area (Å²) < 4.78 is 0. The molecule has 0 spiro atoms. The Kier molecular flexibility index (Phi) is 2.97. The quantitative estimate of drug-likeness (QED) is 0.737. The fraction of sp³-hybridized carbons (Fsp3) is 0.500. The van der Waals surface area contributed by atoms with E-state index in [1.54, 1.807) is 0 Å². The highest BCUT2D eigenvalue weighted by atomic mass is 16.3. The number of benzene rings is 1. The largest absolute Gasteiger partial charge is 0.508 e. The number of aromatic hydroxyl groups is 1. The van der Waals surface area contributed by atoms with E-state index >= 15 is 0 Å². The second-order valence-electron chi connectivity index (χ2n) is 3.50. The molecule has 0 aliphatic heterocycles. The van der Waals surface area contributed by atoms with Crippen LogP contribution in [-0.2, 0) is 12.8 Å². The number of hydrogen-bond donors (Lipinski definition) is 1. The minimum atomic E-state index is 0.453. The van der Waals surface area contributed by atoms with Crippen molar-refractivity contribution in [2.24, 2.45) is 0 Å². The van der Waals surface area contributed by atoms with Gasteiger partial charge in [0.1, 0.15) is 5.75 Å². The molecule has 0 unspecified atom stereocenters. The molecule has 1 nitrogen and oxygen atoms in total. The van der Waals surface area contributed by atoms with Crippen LogP contribution >= 0.6 is 0 Å². The summed E-state index contributed by atoms with van der Waals surface area (Å²) in [5.41, 5.74) is 4.95. The number of rotatable bonds is 2. The summed E-state index contributed by atoms with van der Waals surface area (Å²) in [6, 6.07) is 1.88. The lowest BCUT2D eigenvalue weighted by molar-refractivity contribution is 0.467. The third-order valence-electron chi connectivity index (χ3n) is 2.75. The Morgan fingerprint density at radius 1 is 1.08 bits per heavy atom. The normalized spacial score (nSPS) is 10.5. The Balaban J connectivity index is 3.39. The summed E-state index contributed by atoms with van der Waals surface area (Å²) in [5.74, 6) is 0.453. The lowest BCUT2D eigenvalue weighted by Gasteiger charge is -2.13. The first-order chi connectivity index (χ1) is 6.11. The zero-order valence-electron chi connectivity index (χ0n) is 8.94. The smallest absolute Gasteiger partial charge is 0.119 e. The van der Waals surface area contributed by atoms with Gasteiger partial charge in [-0.05, 0) is 55.0 Å². The molecule has 0 fully saturated rings. The van der Waals surface area contributed by atoms with E-state index in [-0.39, 0.29) is 0 Å². The predicted molar refractivity (Wildman–Crippen MR) is 56.3 cm³/mol. The fourth-order valence-corrected chi connectivity index (χ4v) is 2.04. The highest BCUT2D eigenvalue weighted by Gasteiger charge is 2.09. The van der Waals surface area contributed by atoms with Crippen molar-refractivity contribution < 1.29 is 5.11 Å². The van der Waals surface area contributed by atoms with Crippen molar-refractivity contribution in [1.82, 2.24) is 0 Å². The van der Waals surface area contributed by atoms with E-state index in [0.717, 1.165) is 18.4 Å². The monoisotopic (exact) mass is 178 g/mol. The minimum absolute atomic E-state index is 0.453. The van der Waals surface area contributed by atoms with Crippen LogP contribution in [0.15, 0.2) is 6.07 Å². The van der Waals surface area contributed by atoms with Gasteiger partial charge >= 0.3 is 0 Å². The average Bonchev–Trinajstić information content (AvgIpc) is 2.04. The number of phenolic OH excluding ortho intramolecular Hbond substituents is 1. The number of aryl methyl sites for hydroxylation is 1. The van der Waals surface area contributed by atoms with E-state index < -0.39 is 0 Å². The van der Waals surface area contributed by atoms with Crippen molar-refractivity contribution in [2.75, 3.05) is 0 Å². The van der Waals surface area contributed by atoms with Crippen LogP contribution in [0.3, 0.4) is 0 Å². The van der Waals surface area contributed by atoms with Gasteiger partial charge in [-0.2, -0.15) is 0 Å². The summed E-state index contributed by atoms with van der Waals surface area (Å²) in [6.45, 7) is 8.40. The van der Waals surface area contributed by atoms with Crippen LogP contribution in [0, 0.1) is 13.8 Å². The zero-order valence-corrected chi connectivity index (χ0v) is 8.94. The lowest BCUT2D eigenvalue weighted by Crippen LogP contribution is -1.97. The van der Waals surface area contributed by atoms with Crippen LogP contribution in [0.4, 0.5) is 0 Å². The molecular weight excluding hydrogens is 160 g/mol. The topological polar surface area (TPSA) is 20.2 Å². The molecule has 1 heteroatoms. The SMILES string of the molecule is CCc1c(C)cc(O)c(CC)c1C. The van der Waals surface area contributed by atoms with E-state index in [1.165, 1.54) is 16.7 Å². The molecule has 0 saturated heterocycles. The molecule has 1 N–H and O–H groups in total. The van der Waals surface area contributed by atoms with Crippen molar-refractivity contribution in [1.29, 1.82) is 0 Å². The number of phenols is 1. The van der Waals surface area contributed by atoms with E-state index in [2.05, 4.69) is 27.7 Å². The molecule has 0 aromatic heterocycles. The maximum atomic E-state index is 9.69. The third-order valence-corrected chi connectivity index (χ3v) is 2.75. The first-order valence-electron chi connectivity index (χ1n) is 4.92. The molecule has 0 aliphatic carbocycles. The standard InChI is InChI=1S/C12H18O/c1-5-10-8(3)7-12(13)11(6-2)9(10)4/h7,13H,5-6H2,1-4H3. The summed E-state index contributed by atoms with van der Waals surface area (Å²) in [6.07, 6.45) is 1.95. The average molecular weight is 178 g/mol. The van der Waals surface area contributed by atoms with Gasteiger partial charge in [-0.25, -0.2) is 0 Å². The van der Waals surface area contributed by atoms with Gasteiger partial charge in [-0.3, -0.25) is 0 Å². The summed E-state index contributed by atoms with van der Waals surface area (Å²) >= 11 is 0. The molecule has 1 rings (SSSR count). The Morgan fingerprint density at radius 2 is 1.62 bits per heavy atom. The highest BCUT2D eigenvalue weighted by Crippen LogP contribution is 2.27. The fourth-order valence-electron chi connectivity index (χ4n) is 2.04. The lowest BCUT2D eigenvalue weighted by atomic mass is 9.94. The maximum absolute atomic E-state index is 9.69. The highest BCUT2D eigenvalue weighted by molar-refractivity contribution is 5.48. The van der Waals surface area contributed by atoms with Gasteiger partial charge < -0.3 is 5.11 Å². The summed E-state index contributed by atoms with van der Waals surface area (Å²) in [4.78, 5) is 0. The predicted octanol–water partition coefficient (Wildman–Crippen LogP) is 3.13. The Bertz CT molecular complexity index is 285. The van der Waals surface area contributed by atoms with Gasteiger partial charge in [0.2, 0.25) is 0 Å². The molecule has 1 aromatic carbocycles. The van der Waals surface area contributed by atoms with Crippen molar-refractivity contribution in [3.05, 3.63) is 28.3 Å². The summed E-state index contributed by atoms with van der Waals surface area (Å²) in [5, 5.41) is 9.69. The van der Waals surface area contributed by atoms with Crippen LogP contribution in [-0.4, -0.2) is 5.11 Å². The molecule has 72 valence electrons. The second kappa shape index (κ2) is 3.82. The number of hydrogen-bond acceptors (Lipinski definition) is 1. The maximum Gasteiger partial charge on any atom is 0.119 e. The van der Waals surface area contributed by atoms with E-state index in [0.29, 0.717) is 5.75 Å². The first kappa shape index (κ1) is 10.1. The van der Waals surface area contributed by atoms with Gasteiger partial charge in [0.25, 0.3) is 0 Å². The molecule has 0 atom stereocenters. The van der Waals surface area contributed by atoms with Gasteiger partial charge in [0, 0.05) is 0 Å². The van der Waals surface area contributed by atoms with Crippen LogP contribution in [0.2, 0.25) is 0 Å². The van der Waals surface area contributed by atoms with Gasteiger partial charge in [0.05, 0.1) is 0 Å². The van der Waals surface area contributed by atoms with Gasteiger partial charge in [0.15, 0.2) is 0 Å². The molecule has 13 heavy (non-hydrogen) atoms. The molecule has 0 heterocycles. The Morgan fingerprint density at radius 3 is 2.08 bits per heavy atom. The van der Waals surface area contributed by atoms with Gasteiger partial charge in [-0.1, -0.05) is 13.8 Å². The van der Waals surface area contributed by atoms with Gasteiger partial charge in [-0.15, -0.1) is 0 Å². The first-order valence-corrected chi connectivity index (χ1v) is 4.92. The van der Waals surface area contributed by atoms with E-state index in [4.69, 9.17) is 0 Å². The molecule has 0 aliphatic rings. The van der Waals surface area contributed by atoms with Crippen molar-refractivity contribution >= 4 is 0 Å². The second-order valence-corrected chi connectivity index (χ2v) is 3.50. The van der Waals surface area contributed by atoms with Crippen molar-refractivity contribution in [3.63, 3.8) is 0 Å². The van der Waals surface area contributed by atoms with Crippen LogP contribution in [0.1, 0.15) is 36.1 Å². The van der Waals surface area contributed by atoms with Crippen molar-refractivity contribution in [3.8, 4) is 5.75 Å². The molecule has 1 aromatic rings. The molecule has 0 amide bonds. The molecule has 0 bridgehead atoms. The molecule has 0 radical (unpaired) electrons. The Labute approximate surface area is 80.4 Å². The van der Waals surface area contributed by atoms with Crippen LogP contribution in [0.5, 0.6) is 5.75 Å². The molecule has 0 saturated carbocycles. The zero-order chi connectivity index (χ0) is 10.0. The summed E-state index contributed by atoms with van der Waals surface area (Å²) in [7, 11) is 0.